The summed E-state index contributed by atoms with van der Waals surface area (Å²) in [4.78, 5) is 21.9. The number of methoxy groups -OCH3 is 1. The predicted molar refractivity (Wildman–Crippen MR) is 131 cm³/mol. The highest BCUT2D eigenvalue weighted by atomic mass is 32.2. The van der Waals surface area contributed by atoms with Crippen LogP contribution in [0.1, 0.15) is 5.56 Å². The Morgan fingerprint density at radius 2 is 1.44 bits per heavy atom. The van der Waals surface area contributed by atoms with E-state index in [2.05, 4.69) is 19.9 Å². The van der Waals surface area contributed by atoms with Crippen LogP contribution in [0, 0.1) is 6.92 Å². The second-order valence-electron chi connectivity index (χ2n) is 7.77. The third-order valence-corrected chi connectivity index (χ3v) is 6.05. The maximum Gasteiger partial charge on any atom is 0.294 e. The van der Waals surface area contributed by atoms with Crippen molar-refractivity contribution in [2.75, 3.05) is 7.11 Å². The molecule has 0 aliphatic rings. The molecule has 0 amide bonds. The van der Waals surface area contributed by atoms with Crippen molar-refractivity contribution in [2.45, 2.75) is 11.8 Å². The van der Waals surface area contributed by atoms with Crippen LogP contribution in [-0.4, -0.2) is 45.0 Å². The van der Waals surface area contributed by atoms with Gasteiger partial charge in [0, 0.05) is 18.5 Å². The molecular formula is C25H19N5O5S. The van der Waals surface area contributed by atoms with E-state index in [9.17, 15) is 13.0 Å². The second-order valence-corrected chi connectivity index (χ2v) is 9.19. The quantitative estimate of drug-likeness (QED) is 0.331. The maximum atomic E-state index is 11.5. The zero-order valence-electron chi connectivity index (χ0n) is 19.2. The predicted octanol–water partition coefficient (Wildman–Crippen LogP) is 4.50. The molecule has 0 fully saturated rings. The first-order valence-electron chi connectivity index (χ1n) is 10.7. The molecule has 0 aliphatic heterocycles. The summed E-state index contributed by atoms with van der Waals surface area (Å²) in [6.07, 6.45) is 3.31. The van der Waals surface area contributed by atoms with Crippen molar-refractivity contribution < 1.29 is 22.4 Å². The molecule has 180 valence electrons. The van der Waals surface area contributed by atoms with Crippen molar-refractivity contribution in [3.63, 3.8) is 0 Å². The van der Waals surface area contributed by atoms with Gasteiger partial charge in [-0.2, -0.15) is 8.42 Å². The molecule has 1 aromatic carbocycles. The fraction of sp³-hybridized carbons (Fsp3) is 0.0800. The summed E-state index contributed by atoms with van der Waals surface area (Å²) in [7, 11) is -2.98. The lowest BCUT2D eigenvalue weighted by Gasteiger charge is -2.11. The third kappa shape index (κ3) is 4.83. The molecule has 0 atom stereocenters. The fourth-order valence-electron chi connectivity index (χ4n) is 3.48. The Morgan fingerprint density at radius 1 is 0.750 bits per heavy atom. The number of hydrogen-bond donors (Lipinski definition) is 1. The Hall–Kier alpha value is -4.48. The number of benzene rings is 1. The summed E-state index contributed by atoms with van der Waals surface area (Å²) in [5, 5.41) is 0. The van der Waals surface area contributed by atoms with Gasteiger partial charge in [0.25, 0.3) is 21.9 Å². The number of hydrogen-bond acceptors (Lipinski definition) is 9. The van der Waals surface area contributed by atoms with Crippen molar-refractivity contribution in [3.05, 3.63) is 78.6 Å². The van der Waals surface area contributed by atoms with Crippen LogP contribution in [0.2, 0.25) is 0 Å². The van der Waals surface area contributed by atoms with E-state index in [0.29, 0.717) is 28.3 Å². The number of fused-ring (bicyclic) bond motifs is 1. The van der Waals surface area contributed by atoms with Gasteiger partial charge in [0.15, 0.2) is 0 Å². The van der Waals surface area contributed by atoms with Gasteiger partial charge >= 0.3 is 0 Å². The van der Waals surface area contributed by atoms with Gasteiger partial charge in [0.05, 0.1) is 45.8 Å². The van der Waals surface area contributed by atoms with Crippen LogP contribution in [0.15, 0.2) is 78.0 Å². The molecule has 1 N–H and O–H groups in total. The van der Waals surface area contributed by atoms with Crippen molar-refractivity contribution in [1.82, 2.24) is 24.9 Å². The SMILES string of the molecule is COc1nc2ccc(S(=O)(=O)O)cc2nc1Oc1ccnc(-c2cccc(-c3cc(C)ccn3)n2)c1. The van der Waals surface area contributed by atoms with E-state index in [0.717, 1.165) is 11.3 Å². The van der Waals surface area contributed by atoms with Crippen molar-refractivity contribution in [2.24, 2.45) is 0 Å². The standard InChI is InChI=1S/C25H19N5O5S/c1-15-8-10-26-21(12-15)18-4-3-5-19(28-18)22-13-16(9-11-27-22)35-25-24(34-2)29-20-7-6-17(36(31,32)33)14-23(20)30-25/h3-14H,1-2H3,(H,31,32,33). The molecule has 0 saturated carbocycles. The number of aryl methyl sites for hydroxylation is 1. The number of rotatable bonds is 6. The van der Waals surface area contributed by atoms with Gasteiger partial charge in [-0.1, -0.05) is 6.07 Å². The zero-order chi connectivity index (χ0) is 25.3. The Kier molecular flexibility index (Phi) is 6.00. The Labute approximate surface area is 206 Å². The smallest absolute Gasteiger partial charge is 0.294 e. The summed E-state index contributed by atoms with van der Waals surface area (Å²) in [6.45, 7) is 1.99. The minimum Gasteiger partial charge on any atom is -0.477 e. The molecule has 0 saturated heterocycles. The monoisotopic (exact) mass is 501 g/mol. The molecule has 36 heavy (non-hydrogen) atoms. The highest BCUT2D eigenvalue weighted by molar-refractivity contribution is 7.85. The lowest BCUT2D eigenvalue weighted by molar-refractivity contribution is 0.357. The summed E-state index contributed by atoms with van der Waals surface area (Å²) in [5.74, 6) is 0.505. The molecule has 0 radical (unpaired) electrons. The molecule has 4 heterocycles. The Balaban J connectivity index is 1.50. The largest absolute Gasteiger partial charge is 0.477 e. The van der Waals surface area contributed by atoms with Crippen LogP contribution in [0.5, 0.6) is 17.5 Å². The molecule has 0 bridgehead atoms. The van der Waals surface area contributed by atoms with Crippen LogP contribution < -0.4 is 9.47 Å². The van der Waals surface area contributed by atoms with Gasteiger partial charge in [-0.05, 0) is 61.0 Å². The molecule has 5 rings (SSSR count). The lowest BCUT2D eigenvalue weighted by Crippen LogP contribution is -2.01. The maximum absolute atomic E-state index is 11.5. The van der Waals surface area contributed by atoms with E-state index >= 15 is 0 Å². The molecule has 0 unspecified atom stereocenters. The van der Waals surface area contributed by atoms with Crippen LogP contribution in [0.25, 0.3) is 33.8 Å². The molecule has 0 spiro atoms. The molecule has 0 aliphatic carbocycles. The van der Waals surface area contributed by atoms with E-state index in [1.54, 1.807) is 24.5 Å². The van der Waals surface area contributed by atoms with Crippen LogP contribution in [0.4, 0.5) is 0 Å². The van der Waals surface area contributed by atoms with E-state index < -0.39 is 10.1 Å². The number of pyridine rings is 3. The summed E-state index contributed by atoms with van der Waals surface area (Å²) in [5.41, 5.74) is 4.29. The molecule has 10 nitrogen and oxygen atoms in total. The van der Waals surface area contributed by atoms with Crippen LogP contribution >= 0.6 is 0 Å². The molecule has 11 heteroatoms. The highest BCUT2D eigenvalue weighted by Gasteiger charge is 2.16. The van der Waals surface area contributed by atoms with Crippen molar-refractivity contribution >= 4 is 21.2 Å². The highest BCUT2D eigenvalue weighted by Crippen LogP contribution is 2.32. The van der Waals surface area contributed by atoms with Gasteiger partial charge < -0.3 is 9.47 Å². The van der Waals surface area contributed by atoms with Gasteiger partial charge in [-0.15, -0.1) is 0 Å². The molecular weight excluding hydrogens is 482 g/mol. The van der Waals surface area contributed by atoms with Crippen molar-refractivity contribution in [1.29, 1.82) is 0 Å². The average molecular weight is 502 g/mol. The van der Waals surface area contributed by atoms with E-state index in [1.807, 2.05) is 37.3 Å². The Bertz CT molecular complexity index is 1710. The van der Waals surface area contributed by atoms with E-state index in [-0.39, 0.29) is 22.2 Å². The van der Waals surface area contributed by atoms with Gasteiger partial charge in [-0.25, -0.2) is 15.0 Å². The second kappa shape index (κ2) is 9.29. The first-order valence-corrected chi connectivity index (χ1v) is 12.1. The normalized spacial score (nSPS) is 11.4. The van der Waals surface area contributed by atoms with E-state index in [4.69, 9.17) is 14.5 Å². The van der Waals surface area contributed by atoms with Crippen molar-refractivity contribution in [3.8, 4) is 40.3 Å². The minimum absolute atomic E-state index is 0.0142. The zero-order valence-corrected chi connectivity index (χ0v) is 20.0. The van der Waals surface area contributed by atoms with Gasteiger partial charge in [0.2, 0.25) is 0 Å². The van der Waals surface area contributed by atoms with E-state index in [1.165, 1.54) is 25.3 Å². The van der Waals surface area contributed by atoms with Crippen LogP contribution in [0.3, 0.4) is 0 Å². The summed E-state index contributed by atoms with van der Waals surface area (Å²) >= 11 is 0. The first kappa shape index (κ1) is 23.3. The topological polar surface area (TPSA) is 137 Å². The van der Waals surface area contributed by atoms with Gasteiger partial charge in [-0.3, -0.25) is 14.5 Å². The molecule has 4 aromatic heterocycles. The first-order chi connectivity index (χ1) is 17.3. The third-order valence-electron chi connectivity index (χ3n) is 5.20. The lowest BCUT2D eigenvalue weighted by atomic mass is 10.1. The minimum atomic E-state index is -4.40. The number of nitrogens with zero attached hydrogens (tertiary/aromatic N) is 5. The fourth-order valence-corrected chi connectivity index (χ4v) is 3.98. The average Bonchev–Trinajstić information content (AvgIpc) is 2.87. The number of ether oxygens (including phenoxy) is 2. The van der Waals surface area contributed by atoms with Crippen LogP contribution in [-0.2, 0) is 10.1 Å². The summed E-state index contributed by atoms with van der Waals surface area (Å²) < 4.78 is 43.6. The molecule has 5 aromatic rings. The summed E-state index contributed by atoms with van der Waals surface area (Å²) in [6, 6.07) is 16.6. The number of aromatic nitrogens is 5. The Morgan fingerprint density at radius 3 is 2.14 bits per heavy atom. The van der Waals surface area contributed by atoms with Gasteiger partial charge in [0.1, 0.15) is 5.75 Å².